The van der Waals surface area contributed by atoms with E-state index >= 15 is 0 Å². The van der Waals surface area contributed by atoms with Crippen LogP contribution in [0.25, 0.3) is 10.2 Å². The van der Waals surface area contributed by atoms with Gasteiger partial charge in [0.15, 0.2) is 5.13 Å². The number of hydrogen-bond donors (Lipinski definition) is 1. The Morgan fingerprint density at radius 1 is 1.24 bits per heavy atom. The Kier molecular flexibility index (Phi) is 3.65. The van der Waals surface area contributed by atoms with Gasteiger partial charge in [-0.3, -0.25) is 14.9 Å². The molecule has 5 nitrogen and oxygen atoms in total. The molecule has 25 heavy (non-hydrogen) atoms. The number of rotatable bonds is 1. The molecule has 1 atom stereocenters. The van der Waals surface area contributed by atoms with Gasteiger partial charge in [-0.2, -0.15) is 0 Å². The van der Waals surface area contributed by atoms with Gasteiger partial charge in [0.1, 0.15) is 0 Å². The van der Waals surface area contributed by atoms with Crippen LogP contribution < -0.4 is 10.2 Å². The summed E-state index contributed by atoms with van der Waals surface area (Å²) in [7, 11) is 0. The first-order valence-corrected chi connectivity index (χ1v) is 9.59. The summed E-state index contributed by atoms with van der Waals surface area (Å²) < 4.78 is 1.19. The van der Waals surface area contributed by atoms with Crippen LogP contribution in [-0.2, 0) is 15.0 Å². The summed E-state index contributed by atoms with van der Waals surface area (Å²) >= 11 is 1.69. The summed E-state index contributed by atoms with van der Waals surface area (Å²) in [5.41, 5.74) is 2.00. The fraction of sp³-hybridized carbons (Fsp3) is 0.526. The summed E-state index contributed by atoms with van der Waals surface area (Å²) in [5, 5.41) is 3.49. The van der Waals surface area contributed by atoms with Crippen LogP contribution in [0.15, 0.2) is 18.2 Å². The lowest BCUT2D eigenvalue weighted by molar-refractivity contribution is -0.140. The van der Waals surface area contributed by atoms with Crippen molar-refractivity contribution in [2.75, 3.05) is 18.0 Å². The second-order valence-corrected chi connectivity index (χ2v) is 9.27. The first-order chi connectivity index (χ1) is 11.8. The predicted molar refractivity (Wildman–Crippen MR) is 100.0 cm³/mol. The molecular weight excluding hydrogens is 334 g/mol. The van der Waals surface area contributed by atoms with E-state index in [0.29, 0.717) is 19.4 Å². The van der Waals surface area contributed by atoms with Gasteiger partial charge in [0, 0.05) is 19.5 Å². The van der Waals surface area contributed by atoms with Crippen LogP contribution in [-0.4, -0.2) is 29.9 Å². The van der Waals surface area contributed by atoms with Crippen LogP contribution in [0.3, 0.4) is 0 Å². The Balaban J connectivity index is 1.61. The van der Waals surface area contributed by atoms with Crippen molar-refractivity contribution in [3.63, 3.8) is 0 Å². The number of carbonyl (C=O) groups is 2. The highest BCUT2D eigenvalue weighted by Gasteiger charge is 2.48. The molecule has 0 saturated carbocycles. The van der Waals surface area contributed by atoms with Gasteiger partial charge in [0.25, 0.3) is 0 Å². The zero-order valence-corrected chi connectivity index (χ0v) is 15.7. The monoisotopic (exact) mass is 357 g/mol. The highest BCUT2D eigenvalue weighted by atomic mass is 32.1. The van der Waals surface area contributed by atoms with E-state index in [4.69, 9.17) is 4.98 Å². The zero-order chi connectivity index (χ0) is 17.8. The van der Waals surface area contributed by atoms with Crippen LogP contribution in [0.2, 0.25) is 0 Å². The fourth-order valence-corrected chi connectivity index (χ4v) is 4.76. The van der Waals surface area contributed by atoms with E-state index < -0.39 is 5.41 Å². The molecule has 2 amide bonds. The molecule has 1 spiro atoms. The molecule has 2 aliphatic rings. The molecule has 2 saturated heterocycles. The van der Waals surface area contributed by atoms with E-state index in [-0.39, 0.29) is 17.2 Å². The minimum absolute atomic E-state index is 0.109. The smallest absolute Gasteiger partial charge is 0.234 e. The third kappa shape index (κ3) is 2.82. The number of fused-ring (bicyclic) bond motifs is 1. The number of piperidine rings is 1. The van der Waals surface area contributed by atoms with Crippen LogP contribution in [0.4, 0.5) is 5.13 Å². The van der Waals surface area contributed by atoms with Crippen molar-refractivity contribution in [3.05, 3.63) is 23.8 Å². The average Bonchev–Trinajstić information content (AvgIpc) is 3.15. The third-order valence-electron chi connectivity index (χ3n) is 5.43. The van der Waals surface area contributed by atoms with E-state index in [9.17, 15) is 9.59 Å². The van der Waals surface area contributed by atoms with E-state index in [1.165, 1.54) is 10.3 Å². The van der Waals surface area contributed by atoms with E-state index in [1.54, 1.807) is 11.3 Å². The minimum atomic E-state index is -0.428. The van der Waals surface area contributed by atoms with E-state index in [0.717, 1.165) is 23.6 Å². The summed E-state index contributed by atoms with van der Waals surface area (Å²) in [6.07, 6.45) is 1.87. The molecule has 1 aromatic heterocycles. The number of carbonyl (C=O) groups excluding carboxylic acids is 2. The number of aromatic nitrogens is 1. The van der Waals surface area contributed by atoms with E-state index in [1.807, 2.05) is 0 Å². The average molecular weight is 357 g/mol. The topological polar surface area (TPSA) is 62.3 Å². The van der Waals surface area contributed by atoms with Crippen molar-refractivity contribution in [3.8, 4) is 0 Å². The van der Waals surface area contributed by atoms with Gasteiger partial charge in [0.05, 0.1) is 15.6 Å². The molecule has 2 aromatic rings. The first-order valence-electron chi connectivity index (χ1n) is 8.77. The SMILES string of the molecule is CC(C)(C)c1ccc2nc(N3CCC4(CCC(=O)NC4=O)C3)sc2c1. The molecule has 6 heteroatoms. The van der Waals surface area contributed by atoms with Gasteiger partial charge in [-0.05, 0) is 36.0 Å². The van der Waals surface area contributed by atoms with Crippen molar-refractivity contribution in [2.45, 2.75) is 45.4 Å². The van der Waals surface area contributed by atoms with Crippen molar-refractivity contribution < 1.29 is 9.59 Å². The number of thiazole rings is 1. The van der Waals surface area contributed by atoms with Crippen molar-refractivity contribution in [1.82, 2.24) is 10.3 Å². The number of hydrogen-bond acceptors (Lipinski definition) is 5. The van der Waals surface area contributed by atoms with Gasteiger partial charge in [0.2, 0.25) is 11.8 Å². The molecule has 0 aliphatic carbocycles. The number of amides is 2. The van der Waals surface area contributed by atoms with Gasteiger partial charge >= 0.3 is 0 Å². The molecule has 2 aliphatic heterocycles. The lowest BCUT2D eigenvalue weighted by Gasteiger charge is -2.31. The summed E-state index contributed by atoms with van der Waals surface area (Å²) in [5.74, 6) is -0.258. The molecule has 1 aromatic carbocycles. The van der Waals surface area contributed by atoms with Gasteiger partial charge in [-0.15, -0.1) is 0 Å². The highest BCUT2D eigenvalue weighted by Crippen LogP contribution is 2.41. The summed E-state index contributed by atoms with van der Waals surface area (Å²) in [6.45, 7) is 8.10. The standard InChI is InChI=1S/C19H23N3O2S/c1-18(2,3)12-4-5-13-14(10-12)25-17(20-13)22-9-8-19(11-22)7-6-15(23)21-16(19)24/h4-5,10H,6-9,11H2,1-3H3,(H,21,23,24). The lowest BCUT2D eigenvalue weighted by Crippen LogP contribution is -2.50. The second-order valence-electron chi connectivity index (χ2n) is 8.26. The number of benzene rings is 1. The second kappa shape index (κ2) is 5.53. The Bertz CT molecular complexity index is 867. The fourth-order valence-electron chi connectivity index (χ4n) is 3.73. The third-order valence-corrected chi connectivity index (χ3v) is 6.51. The van der Waals surface area contributed by atoms with E-state index in [2.05, 4.69) is 49.2 Å². The Morgan fingerprint density at radius 3 is 2.76 bits per heavy atom. The minimum Gasteiger partial charge on any atom is -0.347 e. The van der Waals surface area contributed by atoms with Gasteiger partial charge in [-0.1, -0.05) is 38.2 Å². The van der Waals surface area contributed by atoms with Crippen LogP contribution in [0.5, 0.6) is 0 Å². The first kappa shape index (κ1) is 16.5. The molecule has 3 heterocycles. The number of nitrogens with zero attached hydrogens (tertiary/aromatic N) is 2. The number of nitrogens with one attached hydrogen (secondary N) is 1. The highest BCUT2D eigenvalue weighted by molar-refractivity contribution is 7.22. The summed E-state index contributed by atoms with van der Waals surface area (Å²) in [6, 6.07) is 6.47. The Morgan fingerprint density at radius 2 is 2.04 bits per heavy atom. The number of imide groups is 1. The van der Waals surface area contributed by atoms with Crippen LogP contribution >= 0.6 is 11.3 Å². The van der Waals surface area contributed by atoms with Crippen molar-refractivity contribution in [2.24, 2.45) is 5.41 Å². The normalized spacial score (nSPS) is 24.4. The van der Waals surface area contributed by atoms with Crippen LogP contribution in [0, 0.1) is 5.41 Å². The maximum absolute atomic E-state index is 12.4. The molecule has 132 valence electrons. The molecular formula is C19H23N3O2S. The van der Waals surface area contributed by atoms with Gasteiger partial charge in [-0.25, -0.2) is 4.98 Å². The molecule has 4 rings (SSSR count). The molecule has 2 fully saturated rings. The number of anilines is 1. The maximum atomic E-state index is 12.4. The molecule has 0 bridgehead atoms. The molecule has 1 N–H and O–H groups in total. The Labute approximate surface area is 151 Å². The maximum Gasteiger partial charge on any atom is 0.234 e. The largest absolute Gasteiger partial charge is 0.347 e. The Hall–Kier alpha value is -1.95. The lowest BCUT2D eigenvalue weighted by atomic mass is 9.79. The molecule has 0 radical (unpaired) electrons. The van der Waals surface area contributed by atoms with Crippen molar-refractivity contribution in [1.29, 1.82) is 0 Å². The zero-order valence-electron chi connectivity index (χ0n) is 14.9. The quantitative estimate of drug-likeness (QED) is 0.796. The van der Waals surface area contributed by atoms with Gasteiger partial charge < -0.3 is 4.90 Å². The van der Waals surface area contributed by atoms with Crippen LogP contribution in [0.1, 0.15) is 45.6 Å². The summed E-state index contributed by atoms with van der Waals surface area (Å²) in [4.78, 5) is 30.8. The van der Waals surface area contributed by atoms with Crippen molar-refractivity contribution >= 4 is 38.5 Å². The molecule has 1 unspecified atom stereocenters. The predicted octanol–water partition coefficient (Wildman–Crippen LogP) is 3.23.